The first-order valence-electron chi connectivity index (χ1n) is 32.2. The minimum atomic E-state index is 0. The molecule has 0 aliphatic rings. The molecule has 0 amide bonds. The molecule has 0 aliphatic carbocycles. The van der Waals surface area contributed by atoms with E-state index < -0.39 is 0 Å². The number of aliphatic hydroxyl groups is 1. The highest BCUT2D eigenvalue weighted by molar-refractivity contribution is 9.09. The molecule has 1 nitrogen and oxygen atoms in total. The van der Waals surface area contributed by atoms with Crippen molar-refractivity contribution >= 4 is 31.9 Å². The van der Waals surface area contributed by atoms with Crippen LogP contribution in [0.25, 0.3) is 0 Å². The smallest absolute Gasteiger partial charge is 0.0431 e. The van der Waals surface area contributed by atoms with Crippen LogP contribution in [0.5, 0.6) is 0 Å². The Hall–Kier alpha value is -0.920. The van der Waals surface area contributed by atoms with Gasteiger partial charge < -0.3 is 5.11 Å². The molecule has 446 valence electrons. The summed E-state index contributed by atoms with van der Waals surface area (Å²) >= 11 is 6.75. The Bertz CT molecular complexity index is 994. The van der Waals surface area contributed by atoms with Gasteiger partial charge >= 0.3 is 0 Å². The van der Waals surface area contributed by atoms with Gasteiger partial charge in [0.05, 0.1) is 0 Å². The van der Waals surface area contributed by atoms with E-state index in [0.717, 1.165) is 31.0 Å². The molecule has 0 rings (SSSR count). The van der Waals surface area contributed by atoms with E-state index in [0.29, 0.717) is 6.61 Å². The number of hydrogen-bond donors (Lipinski definition) is 1. The Kier molecular flexibility index (Phi) is 131. The van der Waals surface area contributed by atoms with Gasteiger partial charge in [0, 0.05) is 38.0 Å². The van der Waals surface area contributed by atoms with E-state index in [-0.39, 0.29) is 8.85 Å². The summed E-state index contributed by atoms with van der Waals surface area (Å²) in [7, 11) is 0. The second-order valence-corrected chi connectivity index (χ2v) is 21.6. The van der Waals surface area contributed by atoms with E-state index in [1.54, 1.807) is 0 Å². The molecule has 0 unspecified atom stereocenters. The standard InChI is InChI=1S/C16H32O.C16H32.C16H30.C10H21Br.C6H10.C4H9Br.C2H2.CH4.H2/c1-2-3-4-5-6-7-8-9-10-11-12-13-14-15-16-17;2*1-3-5-7-9-11-13-15-16-14-12-10-8-6-4-2;1-2-3-4-5-6-7-8-9-10-11;1-3-5-6-4-2;1-2-3-4-5;1-2;;/h5-6,17H,2-4,7-16H2,1H3;9,11H,3-8,10,12-16H2,1-2H3;3-9,11,13-16H2,1-2H3;2-10H2,1H3;1H,4-6H2,2H3;2-4H2,1H3;1-2H;1H4;1H/b6-5-;11-9-;;;;;;;. The van der Waals surface area contributed by atoms with Crippen LogP contribution in [0.4, 0.5) is 0 Å². The van der Waals surface area contributed by atoms with Crippen molar-refractivity contribution in [1.82, 2.24) is 0 Å². The highest BCUT2D eigenvalue weighted by Gasteiger charge is 1.94. The number of halogens is 2. The lowest BCUT2D eigenvalue weighted by Crippen LogP contribution is -1.84. The van der Waals surface area contributed by atoms with Crippen LogP contribution in [0.2, 0.25) is 0 Å². The molecule has 0 saturated heterocycles. The number of unbranched alkanes of at least 4 members (excludes halogenated alkanes) is 40. The Morgan fingerprint density at radius 3 is 0.824 bits per heavy atom. The van der Waals surface area contributed by atoms with Gasteiger partial charge in [-0.25, -0.2) is 0 Å². The lowest BCUT2D eigenvalue weighted by Gasteiger charge is -2.00. The van der Waals surface area contributed by atoms with Gasteiger partial charge in [-0.05, 0) is 77.0 Å². The molecule has 3 heteroatoms. The molecule has 0 atom stereocenters. The van der Waals surface area contributed by atoms with Crippen LogP contribution in [0.3, 0.4) is 0 Å². The summed E-state index contributed by atoms with van der Waals surface area (Å²) in [5.74, 6) is 9.11. The molecule has 74 heavy (non-hydrogen) atoms. The maximum atomic E-state index is 8.64. The predicted octanol–water partition coefficient (Wildman–Crippen LogP) is 26.9. The van der Waals surface area contributed by atoms with Crippen molar-refractivity contribution in [3.05, 3.63) is 24.3 Å². The van der Waals surface area contributed by atoms with E-state index in [1.165, 1.54) is 294 Å². The zero-order valence-corrected chi connectivity index (χ0v) is 54.7. The van der Waals surface area contributed by atoms with Crippen molar-refractivity contribution in [2.24, 2.45) is 0 Å². The zero-order chi connectivity index (χ0) is 55.7. The average molecular weight is 1170 g/mol. The van der Waals surface area contributed by atoms with Gasteiger partial charge in [-0.3, -0.25) is 0 Å². The van der Waals surface area contributed by atoms with Crippen LogP contribution in [0.15, 0.2) is 24.3 Å². The monoisotopic (exact) mass is 1170 g/mol. The van der Waals surface area contributed by atoms with Gasteiger partial charge in [0.25, 0.3) is 0 Å². The highest BCUT2D eigenvalue weighted by Crippen LogP contribution is 2.13. The van der Waals surface area contributed by atoms with Gasteiger partial charge in [0.2, 0.25) is 0 Å². The van der Waals surface area contributed by atoms with Crippen molar-refractivity contribution in [2.75, 3.05) is 17.3 Å². The number of rotatable bonds is 47. The van der Waals surface area contributed by atoms with Crippen LogP contribution in [0, 0.1) is 37.0 Å². The van der Waals surface area contributed by atoms with Gasteiger partial charge in [0.1, 0.15) is 0 Å². The summed E-state index contributed by atoms with van der Waals surface area (Å²) in [6.45, 7) is 18.2. The summed E-state index contributed by atoms with van der Waals surface area (Å²) < 4.78 is 0. The summed E-state index contributed by atoms with van der Waals surface area (Å²) in [5.41, 5.74) is 0. The molecular formula is C71H142Br2O. The molecule has 0 saturated carbocycles. The molecule has 0 aromatic heterocycles. The molecule has 0 spiro atoms. The molecule has 0 bridgehead atoms. The van der Waals surface area contributed by atoms with Gasteiger partial charge in [0.15, 0.2) is 0 Å². The third kappa shape index (κ3) is 129. The Morgan fingerprint density at radius 2 is 0.554 bits per heavy atom. The topological polar surface area (TPSA) is 20.2 Å². The van der Waals surface area contributed by atoms with E-state index in [1.807, 2.05) is 0 Å². The first-order chi connectivity index (χ1) is 36.0. The Morgan fingerprint density at radius 1 is 0.311 bits per heavy atom. The third-order valence-electron chi connectivity index (χ3n) is 12.4. The zero-order valence-electron chi connectivity index (χ0n) is 51.5. The number of allylic oxidation sites excluding steroid dienone is 4. The molecule has 0 aliphatic heterocycles. The van der Waals surface area contributed by atoms with Gasteiger partial charge in [-0.2, -0.15) is 0 Å². The number of aliphatic hydroxyl groups excluding tert-OH is 1. The fourth-order valence-corrected chi connectivity index (χ4v) is 8.33. The van der Waals surface area contributed by atoms with E-state index in [4.69, 9.17) is 11.5 Å². The molecule has 1 N–H and O–H groups in total. The second kappa shape index (κ2) is 108. The number of terminal acetylenes is 2. The molecular weight excluding hydrogens is 1030 g/mol. The lowest BCUT2D eigenvalue weighted by molar-refractivity contribution is 0.282. The molecule has 0 aromatic carbocycles. The molecule has 0 radical (unpaired) electrons. The van der Waals surface area contributed by atoms with Crippen LogP contribution < -0.4 is 0 Å². The van der Waals surface area contributed by atoms with Crippen LogP contribution in [-0.2, 0) is 0 Å². The molecule has 0 aromatic rings. The summed E-state index contributed by atoms with van der Waals surface area (Å²) in [5, 5.41) is 11.0. The SMILES string of the molecule is C.C#C.C#CCCCC.CCCC/C=C\CCCCCCCCCC.CCCC/C=C\CCCCCCCCCCO.CCCCBr.CCCCC#CCCCCCCCCCC.CCCCCCCCCCBr.[HH]. The quantitative estimate of drug-likeness (QED) is 0.0279. The van der Waals surface area contributed by atoms with Crippen molar-refractivity contribution in [1.29, 1.82) is 0 Å². The summed E-state index contributed by atoms with van der Waals surface area (Å²) in [6, 6.07) is 0. The molecule has 0 heterocycles. The summed E-state index contributed by atoms with van der Waals surface area (Å²) in [6.07, 6.45) is 87.9. The Labute approximate surface area is 491 Å². The highest BCUT2D eigenvalue weighted by atomic mass is 79.9. The largest absolute Gasteiger partial charge is 0.396 e. The lowest BCUT2D eigenvalue weighted by atomic mass is 10.1. The minimum Gasteiger partial charge on any atom is -0.396 e. The van der Waals surface area contributed by atoms with Crippen molar-refractivity contribution < 1.29 is 6.53 Å². The minimum absolute atomic E-state index is 0. The maximum Gasteiger partial charge on any atom is 0.0431 e. The summed E-state index contributed by atoms with van der Waals surface area (Å²) in [4.78, 5) is 0. The van der Waals surface area contributed by atoms with Crippen LogP contribution in [-0.4, -0.2) is 22.4 Å². The van der Waals surface area contributed by atoms with Crippen molar-refractivity contribution in [2.45, 2.75) is 377 Å². The number of alkyl halides is 2. The molecule has 0 fully saturated rings. The Balaban J connectivity index is -0.000000102. The third-order valence-corrected chi connectivity index (χ3v) is 13.5. The number of hydrogen-bond acceptors (Lipinski definition) is 1. The maximum absolute atomic E-state index is 8.64. The van der Waals surface area contributed by atoms with Gasteiger partial charge in [-0.1, -0.05) is 337 Å². The average Bonchev–Trinajstić information content (AvgIpc) is 3.41. The van der Waals surface area contributed by atoms with Crippen molar-refractivity contribution in [3.63, 3.8) is 0 Å². The predicted molar refractivity (Wildman–Crippen MR) is 360 cm³/mol. The van der Waals surface area contributed by atoms with Gasteiger partial charge in [-0.15, -0.1) is 37.0 Å². The van der Waals surface area contributed by atoms with Crippen LogP contribution >= 0.6 is 31.9 Å². The first kappa shape index (κ1) is 89.6. The fraction of sp³-hybridized carbons (Fsp3) is 0.859. The fourth-order valence-electron chi connectivity index (χ4n) is 7.38. The second-order valence-electron chi connectivity index (χ2n) is 20.0. The van der Waals surface area contributed by atoms with E-state index >= 15 is 0 Å². The van der Waals surface area contributed by atoms with E-state index in [9.17, 15) is 0 Å². The van der Waals surface area contributed by atoms with E-state index in [2.05, 4.69) is 142 Å². The van der Waals surface area contributed by atoms with Crippen LogP contribution in [0.1, 0.15) is 379 Å². The van der Waals surface area contributed by atoms with Crippen molar-refractivity contribution in [3.8, 4) is 37.0 Å². The first-order valence-corrected chi connectivity index (χ1v) is 34.5. The normalized spacial score (nSPS) is 9.95.